The zero-order chi connectivity index (χ0) is 20.2. The number of esters is 1. The van der Waals surface area contributed by atoms with E-state index >= 15 is 0 Å². The number of aromatic nitrogens is 1. The van der Waals surface area contributed by atoms with Crippen LogP contribution in [-0.2, 0) is 39.1 Å². The van der Waals surface area contributed by atoms with Gasteiger partial charge in [-0.2, -0.15) is 8.42 Å². The SMILES string of the molecule is [C-]#[N+]c1c(-c2ccc(COS(C)(=O)=O)cc2)c(C(=O)OCC)n(C)c1CC. The van der Waals surface area contributed by atoms with Crippen LogP contribution in [0.25, 0.3) is 16.0 Å². The Morgan fingerprint density at radius 3 is 2.33 bits per heavy atom. The molecule has 0 bridgehead atoms. The lowest BCUT2D eigenvalue weighted by Crippen LogP contribution is -2.12. The molecule has 2 rings (SSSR count). The van der Waals surface area contributed by atoms with Gasteiger partial charge in [-0.3, -0.25) is 4.18 Å². The summed E-state index contributed by atoms with van der Waals surface area (Å²) in [6, 6.07) is 6.91. The molecule has 0 N–H and O–H groups in total. The molecule has 0 radical (unpaired) electrons. The van der Waals surface area contributed by atoms with E-state index in [0.29, 0.717) is 34.5 Å². The quantitative estimate of drug-likeness (QED) is 0.411. The monoisotopic (exact) mass is 390 g/mol. The summed E-state index contributed by atoms with van der Waals surface area (Å²) in [5.41, 5.74) is 3.38. The second kappa shape index (κ2) is 8.37. The Labute approximate surface area is 159 Å². The average molecular weight is 390 g/mol. The Morgan fingerprint density at radius 1 is 1.22 bits per heavy atom. The summed E-state index contributed by atoms with van der Waals surface area (Å²) in [7, 11) is -1.78. The van der Waals surface area contributed by atoms with E-state index in [0.717, 1.165) is 11.9 Å². The summed E-state index contributed by atoms with van der Waals surface area (Å²) in [6.07, 6.45) is 1.59. The van der Waals surface area contributed by atoms with E-state index in [1.807, 2.05) is 6.92 Å². The molecule has 0 unspecified atom stereocenters. The average Bonchev–Trinajstić information content (AvgIpc) is 2.91. The molecule has 0 amide bonds. The van der Waals surface area contributed by atoms with Gasteiger partial charge in [-0.15, -0.1) is 0 Å². The third-order valence-electron chi connectivity index (χ3n) is 4.08. The molecule has 0 aliphatic carbocycles. The van der Waals surface area contributed by atoms with Gasteiger partial charge in [0.1, 0.15) is 5.69 Å². The van der Waals surface area contributed by atoms with Crippen molar-refractivity contribution in [2.45, 2.75) is 26.9 Å². The summed E-state index contributed by atoms with van der Waals surface area (Å²) in [6.45, 7) is 11.4. The molecule has 2 aromatic rings. The van der Waals surface area contributed by atoms with Crippen molar-refractivity contribution in [2.75, 3.05) is 12.9 Å². The maximum Gasteiger partial charge on any atom is 0.354 e. The van der Waals surface area contributed by atoms with Gasteiger partial charge in [-0.1, -0.05) is 31.2 Å². The Bertz CT molecular complexity index is 983. The fourth-order valence-corrected chi connectivity index (χ4v) is 3.25. The van der Waals surface area contributed by atoms with Crippen LogP contribution in [0, 0.1) is 6.57 Å². The van der Waals surface area contributed by atoms with Crippen molar-refractivity contribution < 1.29 is 22.1 Å². The van der Waals surface area contributed by atoms with Crippen LogP contribution in [0.4, 0.5) is 5.69 Å². The molecule has 0 saturated heterocycles. The molecule has 0 aliphatic heterocycles. The van der Waals surface area contributed by atoms with Crippen LogP contribution in [0.15, 0.2) is 24.3 Å². The molecule has 0 spiro atoms. The lowest BCUT2D eigenvalue weighted by molar-refractivity contribution is 0.0516. The van der Waals surface area contributed by atoms with E-state index in [1.165, 1.54) is 0 Å². The Morgan fingerprint density at radius 2 is 1.85 bits per heavy atom. The number of carbonyl (C=O) groups is 1. The van der Waals surface area contributed by atoms with Gasteiger partial charge in [0.2, 0.25) is 5.69 Å². The first kappa shape index (κ1) is 20.7. The van der Waals surface area contributed by atoms with Crippen molar-refractivity contribution in [1.82, 2.24) is 4.57 Å². The molecule has 0 saturated carbocycles. The first-order valence-corrected chi connectivity index (χ1v) is 10.2. The smallest absolute Gasteiger partial charge is 0.354 e. The van der Waals surface area contributed by atoms with Crippen LogP contribution in [0.3, 0.4) is 0 Å². The summed E-state index contributed by atoms with van der Waals surface area (Å²) >= 11 is 0. The van der Waals surface area contributed by atoms with Gasteiger partial charge in [-0.25, -0.2) is 9.64 Å². The molecule has 1 heterocycles. The first-order chi connectivity index (χ1) is 12.7. The van der Waals surface area contributed by atoms with Crippen LogP contribution < -0.4 is 0 Å². The molecule has 0 fully saturated rings. The van der Waals surface area contributed by atoms with Crippen LogP contribution in [0.5, 0.6) is 0 Å². The van der Waals surface area contributed by atoms with Gasteiger partial charge in [0.25, 0.3) is 10.1 Å². The van der Waals surface area contributed by atoms with Crippen molar-refractivity contribution in [3.63, 3.8) is 0 Å². The van der Waals surface area contributed by atoms with E-state index in [1.54, 1.807) is 42.8 Å². The van der Waals surface area contributed by atoms with Gasteiger partial charge in [0.05, 0.1) is 26.0 Å². The predicted octanol–water partition coefficient (Wildman–Crippen LogP) is 3.46. The maximum atomic E-state index is 12.5. The van der Waals surface area contributed by atoms with Gasteiger partial charge in [0, 0.05) is 18.3 Å². The molecule has 7 nitrogen and oxygen atoms in total. The second-order valence-electron chi connectivity index (χ2n) is 5.93. The number of rotatable bonds is 7. The van der Waals surface area contributed by atoms with Crippen LogP contribution in [0.2, 0.25) is 0 Å². The highest BCUT2D eigenvalue weighted by Crippen LogP contribution is 2.39. The van der Waals surface area contributed by atoms with Gasteiger partial charge in [-0.05, 0) is 24.5 Å². The molecule has 27 heavy (non-hydrogen) atoms. The summed E-state index contributed by atoms with van der Waals surface area (Å²) < 4.78 is 33.9. The highest BCUT2D eigenvalue weighted by Gasteiger charge is 2.26. The van der Waals surface area contributed by atoms with Crippen molar-refractivity contribution >= 4 is 21.8 Å². The van der Waals surface area contributed by atoms with E-state index in [4.69, 9.17) is 15.5 Å². The van der Waals surface area contributed by atoms with Gasteiger partial charge in [0.15, 0.2) is 0 Å². The Hall–Kier alpha value is -2.63. The molecular weight excluding hydrogens is 368 g/mol. The van der Waals surface area contributed by atoms with Crippen molar-refractivity contribution in [3.05, 3.63) is 52.6 Å². The molecule has 0 aliphatic rings. The highest BCUT2D eigenvalue weighted by atomic mass is 32.2. The highest BCUT2D eigenvalue weighted by molar-refractivity contribution is 7.85. The lowest BCUT2D eigenvalue weighted by Gasteiger charge is -2.09. The van der Waals surface area contributed by atoms with Gasteiger partial charge >= 0.3 is 5.97 Å². The predicted molar refractivity (Wildman–Crippen MR) is 102 cm³/mol. The van der Waals surface area contributed by atoms with Crippen molar-refractivity contribution in [2.24, 2.45) is 7.05 Å². The molecule has 1 aromatic heterocycles. The summed E-state index contributed by atoms with van der Waals surface area (Å²) in [4.78, 5) is 16.2. The number of ether oxygens (including phenoxy) is 1. The van der Waals surface area contributed by atoms with E-state index in [2.05, 4.69) is 4.85 Å². The maximum absolute atomic E-state index is 12.5. The zero-order valence-corrected chi connectivity index (χ0v) is 16.6. The molecule has 0 atom stereocenters. The Balaban J connectivity index is 2.53. The summed E-state index contributed by atoms with van der Waals surface area (Å²) in [5, 5.41) is 0. The van der Waals surface area contributed by atoms with Crippen LogP contribution >= 0.6 is 0 Å². The standard InChI is InChI=1S/C19H22N2O5S/c1-6-15-17(20-3)16(18(21(15)4)19(22)25-7-2)14-10-8-13(9-11-14)12-26-27(5,23)24/h8-11H,6-7,12H2,1-2,4-5H3. The van der Waals surface area contributed by atoms with Gasteiger partial charge < -0.3 is 9.30 Å². The van der Waals surface area contributed by atoms with Crippen LogP contribution in [-0.4, -0.2) is 31.8 Å². The third-order valence-corrected chi connectivity index (χ3v) is 4.63. The normalized spacial score (nSPS) is 11.2. The van der Waals surface area contributed by atoms with E-state index in [9.17, 15) is 13.2 Å². The number of benzene rings is 1. The third kappa shape index (κ3) is 4.56. The fourth-order valence-electron chi connectivity index (χ4n) is 2.90. The molecule has 144 valence electrons. The number of hydrogen-bond acceptors (Lipinski definition) is 5. The number of nitrogens with zero attached hydrogens (tertiary/aromatic N) is 2. The molecule has 1 aromatic carbocycles. The van der Waals surface area contributed by atoms with E-state index in [-0.39, 0.29) is 13.2 Å². The molecular formula is C19H22N2O5S. The zero-order valence-electron chi connectivity index (χ0n) is 15.8. The lowest BCUT2D eigenvalue weighted by atomic mass is 10.0. The largest absolute Gasteiger partial charge is 0.461 e. The minimum Gasteiger partial charge on any atom is -0.461 e. The number of carbonyl (C=O) groups excluding carboxylic acids is 1. The van der Waals surface area contributed by atoms with Crippen LogP contribution in [0.1, 0.15) is 35.6 Å². The topological polar surface area (TPSA) is 79.0 Å². The minimum atomic E-state index is -3.53. The minimum absolute atomic E-state index is 0.0749. The molecule has 8 heteroatoms. The Kier molecular flexibility index (Phi) is 6.41. The summed E-state index contributed by atoms with van der Waals surface area (Å²) in [5.74, 6) is -0.482. The first-order valence-electron chi connectivity index (χ1n) is 8.43. The van der Waals surface area contributed by atoms with E-state index < -0.39 is 16.1 Å². The second-order valence-corrected chi connectivity index (χ2v) is 7.57. The number of hydrogen-bond donors (Lipinski definition) is 0. The van der Waals surface area contributed by atoms with Crippen molar-refractivity contribution in [1.29, 1.82) is 0 Å². The fraction of sp³-hybridized carbons (Fsp3) is 0.368. The van der Waals surface area contributed by atoms with Crippen molar-refractivity contribution in [3.8, 4) is 11.1 Å².